The number of benzene rings is 1. The lowest BCUT2D eigenvalue weighted by molar-refractivity contribution is -0.00830. The fraction of sp³-hybridized carbons (Fsp3) is 0.500. The highest BCUT2D eigenvalue weighted by atomic mass is 127. The fourth-order valence-corrected chi connectivity index (χ4v) is 4.09. The molecule has 0 spiro atoms. The van der Waals surface area contributed by atoms with Gasteiger partial charge in [0, 0.05) is 37.6 Å². The Labute approximate surface area is 183 Å². The number of guanidine groups is 1. The molecule has 1 saturated heterocycles. The lowest BCUT2D eigenvalue weighted by Gasteiger charge is -2.35. The van der Waals surface area contributed by atoms with Crippen molar-refractivity contribution in [1.82, 2.24) is 15.2 Å². The van der Waals surface area contributed by atoms with E-state index in [0.29, 0.717) is 0 Å². The first-order valence-corrected chi connectivity index (χ1v) is 10.1. The van der Waals surface area contributed by atoms with Gasteiger partial charge in [-0.1, -0.05) is 24.3 Å². The summed E-state index contributed by atoms with van der Waals surface area (Å²) in [6, 6.07) is 8.46. The van der Waals surface area contributed by atoms with Crippen molar-refractivity contribution in [3.05, 3.63) is 51.5 Å². The van der Waals surface area contributed by atoms with Gasteiger partial charge >= 0.3 is 0 Å². The Balaban J connectivity index is 0.00000261. The zero-order valence-electron chi connectivity index (χ0n) is 16.3. The fourth-order valence-electron chi connectivity index (χ4n) is 3.27. The van der Waals surface area contributed by atoms with Crippen LogP contribution in [0.1, 0.15) is 34.4 Å². The van der Waals surface area contributed by atoms with Gasteiger partial charge in [0.2, 0.25) is 0 Å². The number of hydrogen-bond acceptors (Lipinski definition) is 4. The van der Waals surface area contributed by atoms with Crippen LogP contribution >= 0.6 is 35.3 Å². The van der Waals surface area contributed by atoms with Gasteiger partial charge in [-0.15, -0.1) is 35.3 Å². The van der Waals surface area contributed by atoms with E-state index in [9.17, 15) is 0 Å². The smallest absolute Gasteiger partial charge is 0.193 e. The predicted octanol–water partition coefficient (Wildman–Crippen LogP) is 3.96. The van der Waals surface area contributed by atoms with Gasteiger partial charge in [-0.3, -0.25) is 4.99 Å². The van der Waals surface area contributed by atoms with Gasteiger partial charge in [0.25, 0.3) is 0 Å². The largest absolute Gasteiger partial charge is 0.370 e. The van der Waals surface area contributed by atoms with E-state index in [4.69, 9.17) is 4.74 Å². The Morgan fingerprint density at radius 2 is 2.19 bits per heavy atom. The molecule has 1 aliphatic heterocycles. The second kappa shape index (κ2) is 11.0. The van der Waals surface area contributed by atoms with E-state index in [1.807, 2.05) is 14.0 Å². The van der Waals surface area contributed by atoms with Crippen molar-refractivity contribution in [3.8, 4) is 0 Å². The van der Waals surface area contributed by atoms with Crippen molar-refractivity contribution >= 4 is 41.3 Å². The monoisotopic (exact) mass is 500 g/mol. The molecule has 1 unspecified atom stereocenters. The standard InChI is InChI=1S/C20H28N4OS.HI/c1-15-7-4-5-8-17(15)18-13-24(11-12-25-18)20(21-3)22-10-6-9-19-23-16(2)14-26-19;/h4-5,7-8,14,18H,6,9-13H2,1-3H3,(H,21,22);1H. The van der Waals surface area contributed by atoms with Crippen molar-refractivity contribution in [2.45, 2.75) is 32.8 Å². The molecule has 0 aliphatic carbocycles. The second-order valence-corrected chi connectivity index (χ2v) is 7.56. The van der Waals surface area contributed by atoms with Crippen LogP contribution in [0.3, 0.4) is 0 Å². The lowest BCUT2D eigenvalue weighted by atomic mass is 10.0. The number of nitrogens with zero attached hydrogens (tertiary/aromatic N) is 3. The number of halogens is 1. The van der Waals surface area contributed by atoms with Crippen molar-refractivity contribution in [2.24, 2.45) is 4.99 Å². The SMILES string of the molecule is CN=C(NCCCc1nc(C)cs1)N1CCOC(c2ccccc2C)C1.I. The third-order valence-corrected chi connectivity index (χ3v) is 5.66. The summed E-state index contributed by atoms with van der Waals surface area (Å²) in [4.78, 5) is 11.3. The number of nitrogens with one attached hydrogen (secondary N) is 1. The summed E-state index contributed by atoms with van der Waals surface area (Å²) in [5, 5.41) is 6.83. The van der Waals surface area contributed by atoms with Gasteiger partial charge < -0.3 is 15.0 Å². The predicted molar refractivity (Wildman–Crippen MR) is 123 cm³/mol. The molecule has 1 aliphatic rings. The highest BCUT2D eigenvalue weighted by Gasteiger charge is 2.24. The van der Waals surface area contributed by atoms with Gasteiger partial charge in [0.1, 0.15) is 6.10 Å². The Hall–Kier alpha value is -1.19. The van der Waals surface area contributed by atoms with Crippen LogP contribution in [0, 0.1) is 13.8 Å². The normalized spacial score (nSPS) is 17.5. The third-order valence-electron chi connectivity index (χ3n) is 4.63. The Kier molecular flexibility index (Phi) is 8.98. The molecular weight excluding hydrogens is 471 g/mol. The average molecular weight is 500 g/mol. The summed E-state index contributed by atoms with van der Waals surface area (Å²) in [6.45, 7) is 7.51. The number of morpholine rings is 1. The van der Waals surface area contributed by atoms with E-state index < -0.39 is 0 Å². The quantitative estimate of drug-likeness (QED) is 0.292. The molecule has 1 atom stereocenters. The molecule has 27 heavy (non-hydrogen) atoms. The summed E-state index contributed by atoms with van der Waals surface area (Å²) in [5.74, 6) is 0.960. The van der Waals surface area contributed by atoms with Gasteiger partial charge in [0.15, 0.2) is 5.96 Å². The minimum absolute atomic E-state index is 0. The summed E-state index contributed by atoms with van der Waals surface area (Å²) >= 11 is 1.75. The van der Waals surface area contributed by atoms with Crippen LogP contribution in [-0.4, -0.2) is 49.1 Å². The van der Waals surface area contributed by atoms with E-state index in [1.165, 1.54) is 16.1 Å². The molecule has 148 valence electrons. The molecule has 7 heteroatoms. The summed E-state index contributed by atoms with van der Waals surface area (Å²) < 4.78 is 6.02. The van der Waals surface area contributed by atoms with Crippen LogP contribution in [0.15, 0.2) is 34.6 Å². The highest BCUT2D eigenvalue weighted by Crippen LogP contribution is 2.24. The summed E-state index contributed by atoms with van der Waals surface area (Å²) in [7, 11) is 1.85. The molecule has 5 nitrogen and oxygen atoms in total. The number of thiazole rings is 1. The minimum Gasteiger partial charge on any atom is -0.370 e. The molecule has 1 aromatic heterocycles. The number of rotatable bonds is 5. The highest BCUT2D eigenvalue weighted by molar-refractivity contribution is 14.0. The molecule has 3 rings (SSSR count). The van der Waals surface area contributed by atoms with E-state index in [-0.39, 0.29) is 30.1 Å². The van der Waals surface area contributed by atoms with Gasteiger partial charge in [-0.05, 0) is 31.4 Å². The van der Waals surface area contributed by atoms with Gasteiger partial charge in [-0.25, -0.2) is 4.98 Å². The van der Waals surface area contributed by atoms with Crippen LogP contribution in [0.25, 0.3) is 0 Å². The third kappa shape index (κ3) is 6.15. The van der Waals surface area contributed by atoms with E-state index in [1.54, 1.807) is 11.3 Å². The van der Waals surface area contributed by atoms with Crippen LogP contribution in [0.2, 0.25) is 0 Å². The maximum absolute atomic E-state index is 6.02. The number of aliphatic imine (C=N–C) groups is 1. The first-order valence-electron chi connectivity index (χ1n) is 9.21. The minimum atomic E-state index is 0. The Morgan fingerprint density at radius 3 is 2.89 bits per heavy atom. The van der Waals surface area contributed by atoms with Crippen molar-refractivity contribution in [2.75, 3.05) is 33.3 Å². The molecule has 0 radical (unpaired) electrons. The molecule has 1 N–H and O–H groups in total. The topological polar surface area (TPSA) is 49.8 Å². The zero-order chi connectivity index (χ0) is 18.4. The first kappa shape index (κ1) is 22.1. The molecule has 2 heterocycles. The molecule has 0 amide bonds. The number of ether oxygens (including phenoxy) is 1. The maximum Gasteiger partial charge on any atom is 0.193 e. The number of aryl methyl sites for hydroxylation is 3. The van der Waals surface area contributed by atoms with Crippen molar-refractivity contribution in [1.29, 1.82) is 0 Å². The second-order valence-electron chi connectivity index (χ2n) is 6.62. The Morgan fingerprint density at radius 1 is 1.37 bits per heavy atom. The number of hydrogen-bond donors (Lipinski definition) is 1. The molecule has 0 bridgehead atoms. The van der Waals surface area contributed by atoms with Gasteiger partial charge in [0.05, 0.1) is 18.2 Å². The summed E-state index contributed by atoms with van der Waals surface area (Å²) in [5.41, 5.74) is 3.66. The molecule has 1 fully saturated rings. The van der Waals surface area contributed by atoms with Crippen LogP contribution < -0.4 is 5.32 Å². The van der Waals surface area contributed by atoms with E-state index in [2.05, 4.69) is 56.8 Å². The summed E-state index contributed by atoms with van der Waals surface area (Å²) in [6.07, 6.45) is 2.16. The molecule has 2 aromatic rings. The Bertz CT molecular complexity index is 749. The number of aromatic nitrogens is 1. The van der Waals surface area contributed by atoms with E-state index >= 15 is 0 Å². The maximum atomic E-state index is 6.02. The van der Waals surface area contributed by atoms with Crippen molar-refractivity contribution in [3.63, 3.8) is 0 Å². The molecule has 0 saturated carbocycles. The first-order chi connectivity index (χ1) is 12.7. The van der Waals surface area contributed by atoms with Crippen LogP contribution in [0.4, 0.5) is 0 Å². The van der Waals surface area contributed by atoms with Crippen LogP contribution in [0.5, 0.6) is 0 Å². The molecule has 1 aromatic carbocycles. The average Bonchev–Trinajstić information content (AvgIpc) is 3.07. The lowest BCUT2D eigenvalue weighted by Crippen LogP contribution is -2.48. The molecular formula is C20H29IN4OS. The zero-order valence-corrected chi connectivity index (χ0v) is 19.4. The van der Waals surface area contributed by atoms with Crippen molar-refractivity contribution < 1.29 is 4.74 Å². The van der Waals surface area contributed by atoms with E-state index in [0.717, 1.165) is 50.7 Å². The van der Waals surface area contributed by atoms with Crippen LogP contribution in [-0.2, 0) is 11.2 Å². The van der Waals surface area contributed by atoms with Gasteiger partial charge in [-0.2, -0.15) is 0 Å².